The molecule has 1 aromatic heterocycles. The third kappa shape index (κ3) is 5.39. The Morgan fingerprint density at radius 3 is 2.59 bits per heavy atom. The maximum Gasteiger partial charge on any atom is 0.304 e. The molecule has 3 rings (SSSR count). The number of hydrogen-bond acceptors (Lipinski definition) is 5. The second-order valence-corrected chi connectivity index (χ2v) is 6.97. The van der Waals surface area contributed by atoms with Crippen molar-refractivity contribution in [3.8, 4) is 0 Å². The molecule has 9 heteroatoms. The predicted molar refractivity (Wildman–Crippen MR) is 108 cm³/mol. The van der Waals surface area contributed by atoms with E-state index in [9.17, 15) is 14.4 Å². The number of aromatic nitrogens is 3. The molecule has 0 aliphatic carbocycles. The molecule has 0 aliphatic rings. The molecule has 150 valence electrons. The number of benzene rings is 2. The van der Waals surface area contributed by atoms with Crippen LogP contribution in [0.25, 0.3) is 10.9 Å². The highest BCUT2D eigenvalue weighted by Gasteiger charge is 2.17. The van der Waals surface area contributed by atoms with Crippen LogP contribution in [0.1, 0.15) is 24.3 Å². The van der Waals surface area contributed by atoms with Gasteiger partial charge in [-0.1, -0.05) is 41.1 Å². The van der Waals surface area contributed by atoms with Gasteiger partial charge in [-0.15, -0.1) is 5.10 Å². The Morgan fingerprint density at radius 2 is 1.86 bits per heavy atom. The molecule has 0 fully saturated rings. The molecule has 29 heavy (non-hydrogen) atoms. The first-order valence-corrected chi connectivity index (χ1v) is 9.38. The molecule has 1 heterocycles. The van der Waals surface area contributed by atoms with Crippen molar-refractivity contribution in [3.63, 3.8) is 0 Å². The second-order valence-electron chi connectivity index (χ2n) is 6.54. The lowest BCUT2D eigenvalue weighted by molar-refractivity contribution is -0.137. The fourth-order valence-corrected chi connectivity index (χ4v) is 3.08. The van der Waals surface area contributed by atoms with Gasteiger partial charge in [0.1, 0.15) is 5.52 Å². The number of aryl methyl sites for hydroxylation is 1. The van der Waals surface area contributed by atoms with Crippen LogP contribution >= 0.6 is 11.6 Å². The molecule has 2 aromatic carbocycles. The summed E-state index contributed by atoms with van der Waals surface area (Å²) in [5.41, 5.74) is 0.958. The third-order valence-electron chi connectivity index (χ3n) is 4.49. The van der Waals surface area contributed by atoms with Crippen LogP contribution < -0.4 is 10.9 Å². The number of nitrogens with zero attached hydrogens (tertiary/aromatic N) is 3. The van der Waals surface area contributed by atoms with E-state index in [0.29, 0.717) is 15.9 Å². The zero-order valence-electron chi connectivity index (χ0n) is 15.4. The molecule has 1 atom stereocenters. The molecule has 0 unspecified atom stereocenters. The van der Waals surface area contributed by atoms with Crippen molar-refractivity contribution in [1.29, 1.82) is 0 Å². The summed E-state index contributed by atoms with van der Waals surface area (Å²) in [6.45, 7) is 0.234. The van der Waals surface area contributed by atoms with Gasteiger partial charge in [0.2, 0.25) is 5.91 Å². The van der Waals surface area contributed by atoms with E-state index in [1.54, 1.807) is 48.5 Å². The summed E-state index contributed by atoms with van der Waals surface area (Å²) in [4.78, 5) is 35.8. The summed E-state index contributed by atoms with van der Waals surface area (Å²) in [5, 5.41) is 20.7. The van der Waals surface area contributed by atoms with Crippen LogP contribution in [0.2, 0.25) is 5.02 Å². The number of carbonyl (C=O) groups is 2. The first-order valence-electron chi connectivity index (χ1n) is 9.00. The molecule has 0 aliphatic heterocycles. The molecule has 3 aromatic rings. The summed E-state index contributed by atoms with van der Waals surface area (Å²) in [6.07, 6.45) is -0.106. The maximum absolute atomic E-state index is 12.4. The smallest absolute Gasteiger partial charge is 0.304 e. The van der Waals surface area contributed by atoms with Gasteiger partial charge in [-0.05, 0) is 29.8 Å². The van der Waals surface area contributed by atoms with Gasteiger partial charge in [0.25, 0.3) is 5.56 Å². The molecular formula is C20H19ClN4O4. The van der Waals surface area contributed by atoms with E-state index in [1.807, 2.05) is 0 Å². The van der Waals surface area contributed by atoms with Crippen molar-refractivity contribution < 1.29 is 14.7 Å². The molecule has 0 saturated heterocycles. The van der Waals surface area contributed by atoms with Crippen LogP contribution in [0, 0.1) is 0 Å². The highest BCUT2D eigenvalue weighted by atomic mass is 35.5. The van der Waals surface area contributed by atoms with Gasteiger partial charge in [-0.25, -0.2) is 4.68 Å². The van der Waals surface area contributed by atoms with Crippen LogP contribution in [0.3, 0.4) is 0 Å². The number of rotatable bonds is 8. The Hall–Kier alpha value is -3.26. The SMILES string of the molecule is O=C(O)C[C@@H](CNC(=O)CCn1nnc2ccccc2c1=O)c1ccc(Cl)cc1. The van der Waals surface area contributed by atoms with Crippen molar-refractivity contribution in [1.82, 2.24) is 20.3 Å². The van der Waals surface area contributed by atoms with Crippen LogP contribution in [0.15, 0.2) is 53.3 Å². The largest absolute Gasteiger partial charge is 0.481 e. The highest BCUT2D eigenvalue weighted by Crippen LogP contribution is 2.21. The molecule has 0 bridgehead atoms. The number of carbonyl (C=O) groups excluding carboxylic acids is 1. The number of carboxylic acids is 1. The van der Waals surface area contributed by atoms with Crippen LogP contribution in [-0.2, 0) is 16.1 Å². The zero-order chi connectivity index (χ0) is 20.8. The van der Waals surface area contributed by atoms with Crippen LogP contribution in [-0.4, -0.2) is 38.5 Å². The summed E-state index contributed by atoms with van der Waals surface area (Å²) >= 11 is 5.87. The van der Waals surface area contributed by atoms with Gasteiger partial charge in [0, 0.05) is 23.9 Å². The zero-order valence-corrected chi connectivity index (χ0v) is 16.2. The lowest BCUT2D eigenvalue weighted by atomic mass is 9.95. The minimum absolute atomic E-state index is 0.0212. The van der Waals surface area contributed by atoms with Crippen molar-refractivity contribution in [2.75, 3.05) is 6.54 Å². The van der Waals surface area contributed by atoms with Gasteiger partial charge in [-0.2, -0.15) is 0 Å². The first-order chi connectivity index (χ1) is 13.9. The minimum atomic E-state index is -0.961. The van der Waals surface area contributed by atoms with E-state index >= 15 is 0 Å². The quantitative estimate of drug-likeness (QED) is 0.584. The summed E-state index contributed by atoms with van der Waals surface area (Å²) in [7, 11) is 0. The fraction of sp³-hybridized carbons (Fsp3) is 0.250. The number of carboxylic acid groups (broad SMARTS) is 1. The fourth-order valence-electron chi connectivity index (χ4n) is 2.96. The maximum atomic E-state index is 12.4. The van der Waals surface area contributed by atoms with Crippen molar-refractivity contribution in [2.24, 2.45) is 0 Å². The number of hydrogen-bond donors (Lipinski definition) is 2. The van der Waals surface area contributed by atoms with Crippen molar-refractivity contribution in [2.45, 2.75) is 25.3 Å². The number of amides is 1. The van der Waals surface area contributed by atoms with E-state index in [0.717, 1.165) is 10.2 Å². The van der Waals surface area contributed by atoms with Crippen LogP contribution in [0.4, 0.5) is 0 Å². The first kappa shape index (κ1) is 20.5. The molecule has 0 radical (unpaired) electrons. The van der Waals surface area contributed by atoms with Crippen LogP contribution in [0.5, 0.6) is 0 Å². The summed E-state index contributed by atoms with van der Waals surface area (Å²) < 4.78 is 1.15. The van der Waals surface area contributed by atoms with E-state index < -0.39 is 11.9 Å². The van der Waals surface area contributed by atoms with Gasteiger partial charge in [-0.3, -0.25) is 14.4 Å². The Labute approximate surface area is 171 Å². The number of aliphatic carboxylic acids is 1. The third-order valence-corrected chi connectivity index (χ3v) is 4.74. The van der Waals surface area contributed by atoms with E-state index in [1.165, 1.54) is 0 Å². The molecule has 0 saturated carbocycles. The predicted octanol–water partition coefficient (Wildman–Crippen LogP) is 2.21. The van der Waals surface area contributed by atoms with E-state index in [2.05, 4.69) is 15.6 Å². The Morgan fingerprint density at radius 1 is 1.14 bits per heavy atom. The second kappa shape index (κ2) is 9.29. The lowest BCUT2D eigenvalue weighted by Crippen LogP contribution is -2.32. The Bertz CT molecular complexity index is 1080. The molecular weight excluding hydrogens is 396 g/mol. The van der Waals surface area contributed by atoms with Crippen molar-refractivity contribution >= 4 is 34.4 Å². The van der Waals surface area contributed by atoms with Gasteiger partial charge in [0.15, 0.2) is 0 Å². The average molecular weight is 415 g/mol. The topological polar surface area (TPSA) is 114 Å². The van der Waals surface area contributed by atoms with E-state index in [-0.39, 0.29) is 37.4 Å². The standard InChI is InChI=1S/C20H19ClN4O4/c21-15-7-5-13(6-8-15)14(11-19(27)28)12-22-18(26)9-10-25-20(29)16-3-1-2-4-17(16)23-24-25/h1-8,14H,9-12H2,(H,22,26)(H,27,28)/t14-/m0/s1. The number of nitrogens with one attached hydrogen (secondary N) is 1. The highest BCUT2D eigenvalue weighted by molar-refractivity contribution is 6.30. The summed E-state index contributed by atoms with van der Waals surface area (Å²) in [5.74, 6) is -1.66. The summed E-state index contributed by atoms with van der Waals surface area (Å²) in [6, 6.07) is 13.7. The van der Waals surface area contributed by atoms with Gasteiger partial charge in [0.05, 0.1) is 18.4 Å². The Balaban J connectivity index is 1.61. The normalized spacial score (nSPS) is 11.9. The number of halogens is 1. The molecule has 0 spiro atoms. The van der Waals surface area contributed by atoms with Gasteiger partial charge >= 0.3 is 5.97 Å². The lowest BCUT2D eigenvalue weighted by Gasteiger charge is -2.16. The molecule has 8 nitrogen and oxygen atoms in total. The molecule has 2 N–H and O–H groups in total. The van der Waals surface area contributed by atoms with Crippen molar-refractivity contribution in [3.05, 3.63) is 69.5 Å². The molecule has 1 amide bonds. The van der Waals surface area contributed by atoms with Gasteiger partial charge < -0.3 is 10.4 Å². The minimum Gasteiger partial charge on any atom is -0.481 e. The van der Waals surface area contributed by atoms with E-state index in [4.69, 9.17) is 16.7 Å². The monoisotopic (exact) mass is 414 g/mol. The number of fused-ring (bicyclic) bond motifs is 1. The Kier molecular flexibility index (Phi) is 6.56. The average Bonchev–Trinajstić information content (AvgIpc) is 2.71.